The Morgan fingerprint density at radius 3 is 2.82 bits per heavy atom. The van der Waals surface area contributed by atoms with Gasteiger partial charge in [0.15, 0.2) is 0 Å². The molecule has 3 aromatic rings. The lowest BCUT2D eigenvalue weighted by molar-refractivity contribution is 0.0434. The van der Waals surface area contributed by atoms with Gasteiger partial charge in [-0.1, -0.05) is 6.07 Å². The maximum absolute atomic E-state index is 15.1. The maximum atomic E-state index is 15.1. The first kappa shape index (κ1) is 18.6. The molecule has 1 aromatic carbocycles. The van der Waals surface area contributed by atoms with Crippen LogP contribution in [0.4, 0.5) is 4.39 Å². The number of aromatic nitrogens is 2. The van der Waals surface area contributed by atoms with Crippen molar-refractivity contribution in [2.24, 2.45) is 0 Å². The van der Waals surface area contributed by atoms with Gasteiger partial charge in [-0.2, -0.15) is 0 Å². The second-order valence-electron chi connectivity index (χ2n) is 7.65. The fourth-order valence-corrected chi connectivity index (χ4v) is 3.67. The number of likely N-dealkylation sites (tertiary alicyclic amines) is 1. The molecule has 4 rings (SSSR count). The molecule has 146 valence electrons. The summed E-state index contributed by atoms with van der Waals surface area (Å²) in [5, 5.41) is 4.19. The van der Waals surface area contributed by atoms with Crippen LogP contribution in [0, 0.1) is 6.92 Å². The van der Waals surface area contributed by atoms with E-state index in [1.54, 1.807) is 4.90 Å². The number of aromatic amines is 1. The zero-order chi connectivity index (χ0) is 19.6. The SMILES string of the molecule is Cc1ccc(CNCC2(F)CCN(C(=O)c3ccc4[nH]ccc4c3)CC2)nc1. The first-order valence-electron chi connectivity index (χ1n) is 9.70. The maximum Gasteiger partial charge on any atom is 0.253 e. The fraction of sp³-hybridized carbons (Fsp3) is 0.364. The number of nitrogens with one attached hydrogen (secondary N) is 2. The van der Waals surface area contributed by atoms with E-state index >= 15 is 4.39 Å². The summed E-state index contributed by atoms with van der Waals surface area (Å²) in [4.78, 5) is 22.0. The number of rotatable bonds is 5. The highest BCUT2D eigenvalue weighted by molar-refractivity contribution is 5.98. The van der Waals surface area contributed by atoms with Gasteiger partial charge in [-0.25, -0.2) is 4.39 Å². The van der Waals surface area contributed by atoms with Gasteiger partial charge in [0.2, 0.25) is 0 Å². The molecule has 28 heavy (non-hydrogen) atoms. The van der Waals surface area contributed by atoms with Crippen molar-refractivity contribution in [3.63, 3.8) is 0 Å². The number of hydrogen-bond donors (Lipinski definition) is 2. The first-order valence-corrected chi connectivity index (χ1v) is 9.70. The van der Waals surface area contributed by atoms with Crippen molar-refractivity contribution in [3.05, 3.63) is 65.6 Å². The van der Waals surface area contributed by atoms with Gasteiger partial charge in [0, 0.05) is 67.9 Å². The lowest BCUT2D eigenvalue weighted by Crippen LogP contribution is -2.48. The molecule has 1 fully saturated rings. The van der Waals surface area contributed by atoms with Crippen molar-refractivity contribution >= 4 is 16.8 Å². The molecule has 2 aromatic heterocycles. The molecular formula is C22H25FN4O. The summed E-state index contributed by atoms with van der Waals surface area (Å²) in [6.07, 6.45) is 4.37. The van der Waals surface area contributed by atoms with Crippen LogP contribution in [0.2, 0.25) is 0 Å². The monoisotopic (exact) mass is 380 g/mol. The second kappa shape index (κ2) is 7.72. The van der Waals surface area contributed by atoms with Crippen molar-refractivity contribution in [1.82, 2.24) is 20.2 Å². The van der Waals surface area contributed by atoms with Gasteiger partial charge >= 0.3 is 0 Å². The van der Waals surface area contributed by atoms with Crippen LogP contribution in [0.1, 0.15) is 34.5 Å². The molecule has 5 nitrogen and oxygen atoms in total. The molecule has 0 atom stereocenters. The van der Waals surface area contributed by atoms with E-state index in [0.29, 0.717) is 38.0 Å². The minimum atomic E-state index is -1.29. The number of aryl methyl sites for hydroxylation is 1. The zero-order valence-corrected chi connectivity index (χ0v) is 16.0. The fourth-order valence-electron chi connectivity index (χ4n) is 3.67. The summed E-state index contributed by atoms with van der Waals surface area (Å²) in [6.45, 7) is 3.69. The number of amides is 1. The molecule has 0 radical (unpaired) electrons. The normalized spacial score (nSPS) is 16.4. The third-order valence-corrected chi connectivity index (χ3v) is 5.47. The predicted octanol–water partition coefficient (Wildman–Crippen LogP) is 3.61. The third-order valence-electron chi connectivity index (χ3n) is 5.47. The number of alkyl halides is 1. The Kier molecular flexibility index (Phi) is 5.13. The number of carbonyl (C=O) groups excluding carboxylic acids is 1. The van der Waals surface area contributed by atoms with Crippen LogP contribution < -0.4 is 5.32 Å². The molecule has 0 aliphatic carbocycles. The molecule has 0 spiro atoms. The highest BCUT2D eigenvalue weighted by atomic mass is 19.1. The van der Waals surface area contributed by atoms with E-state index < -0.39 is 5.67 Å². The van der Waals surface area contributed by atoms with Crippen molar-refractivity contribution in [3.8, 4) is 0 Å². The topological polar surface area (TPSA) is 61.0 Å². The Balaban J connectivity index is 1.30. The van der Waals surface area contributed by atoms with Crippen molar-refractivity contribution in [2.75, 3.05) is 19.6 Å². The Morgan fingerprint density at radius 2 is 2.07 bits per heavy atom. The van der Waals surface area contributed by atoms with Crippen molar-refractivity contribution in [2.45, 2.75) is 32.0 Å². The van der Waals surface area contributed by atoms with Crippen LogP contribution in [-0.4, -0.2) is 46.1 Å². The number of nitrogens with zero attached hydrogens (tertiary/aromatic N) is 2. The standard InChI is InChI=1S/C22H25FN4O/c1-16-2-4-19(26-13-16)14-24-15-22(23)7-10-27(11-8-22)21(28)18-3-5-20-17(12-18)6-9-25-20/h2-6,9,12-13,24-25H,7-8,10-11,14-15H2,1H3. The van der Waals surface area contributed by atoms with Gasteiger partial charge in [0.05, 0.1) is 5.69 Å². The largest absolute Gasteiger partial charge is 0.361 e. The van der Waals surface area contributed by atoms with Crippen LogP contribution in [0.15, 0.2) is 48.8 Å². The van der Waals surface area contributed by atoms with Crippen LogP contribution in [0.5, 0.6) is 0 Å². The number of pyridine rings is 1. The Labute approximate surface area is 164 Å². The minimum Gasteiger partial charge on any atom is -0.361 e. The van der Waals surface area contributed by atoms with E-state index in [-0.39, 0.29) is 12.5 Å². The Morgan fingerprint density at radius 1 is 1.25 bits per heavy atom. The smallest absolute Gasteiger partial charge is 0.253 e. The summed E-state index contributed by atoms with van der Waals surface area (Å²) >= 11 is 0. The van der Waals surface area contributed by atoms with Gasteiger partial charge < -0.3 is 15.2 Å². The van der Waals surface area contributed by atoms with Crippen LogP contribution in [-0.2, 0) is 6.54 Å². The molecule has 3 heterocycles. The first-order chi connectivity index (χ1) is 13.5. The van der Waals surface area contributed by atoms with Crippen molar-refractivity contribution < 1.29 is 9.18 Å². The number of hydrogen-bond acceptors (Lipinski definition) is 3. The van der Waals surface area contributed by atoms with Gasteiger partial charge in [0.25, 0.3) is 5.91 Å². The number of halogens is 1. The number of H-pyrrole nitrogens is 1. The van der Waals surface area contributed by atoms with Crippen LogP contribution >= 0.6 is 0 Å². The molecular weight excluding hydrogens is 355 g/mol. The average molecular weight is 380 g/mol. The minimum absolute atomic E-state index is 0.0260. The molecule has 0 saturated carbocycles. The van der Waals surface area contributed by atoms with E-state index in [0.717, 1.165) is 22.2 Å². The number of carbonyl (C=O) groups is 1. The van der Waals surface area contributed by atoms with Crippen LogP contribution in [0.25, 0.3) is 10.9 Å². The summed E-state index contributed by atoms with van der Waals surface area (Å²) in [5.41, 5.74) is 2.39. The Bertz CT molecular complexity index is 958. The average Bonchev–Trinajstić information content (AvgIpc) is 3.17. The van der Waals surface area contributed by atoms with Gasteiger partial charge in [0.1, 0.15) is 5.67 Å². The second-order valence-corrected chi connectivity index (χ2v) is 7.65. The highest BCUT2D eigenvalue weighted by Gasteiger charge is 2.35. The van der Waals surface area contributed by atoms with Crippen molar-refractivity contribution in [1.29, 1.82) is 0 Å². The molecule has 1 aliphatic rings. The quantitative estimate of drug-likeness (QED) is 0.711. The van der Waals surface area contributed by atoms with E-state index in [2.05, 4.69) is 15.3 Å². The molecule has 1 amide bonds. The summed E-state index contributed by atoms with van der Waals surface area (Å²) in [7, 11) is 0. The summed E-state index contributed by atoms with van der Waals surface area (Å²) in [6, 6.07) is 11.5. The van der Waals surface area contributed by atoms with E-state index in [1.807, 2.05) is 55.7 Å². The molecule has 0 bridgehead atoms. The lowest BCUT2D eigenvalue weighted by atomic mass is 9.92. The number of benzene rings is 1. The summed E-state index contributed by atoms with van der Waals surface area (Å²) < 4.78 is 15.1. The molecule has 6 heteroatoms. The van der Waals surface area contributed by atoms with Gasteiger partial charge in [-0.3, -0.25) is 9.78 Å². The van der Waals surface area contributed by atoms with E-state index in [4.69, 9.17) is 0 Å². The third kappa shape index (κ3) is 4.07. The lowest BCUT2D eigenvalue weighted by Gasteiger charge is -2.36. The molecule has 1 saturated heterocycles. The number of piperidine rings is 1. The zero-order valence-electron chi connectivity index (χ0n) is 16.0. The Hall–Kier alpha value is -2.73. The molecule has 2 N–H and O–H groups in total. The summed E-state index contributed by atoms with van der Waals surface area (Å²) in [5.74, 6) is -0.0260. The number of fused-ring (bicyclic) bond motifs is 1. The van der Waals surface area contributed by atoms with Gasteiger partial charge in [-0.05, 0) is 42.8 Å². The molecule has 0 unspecified atom stereocenters. The van der Waals surface area contributed by atoms with E-state index in [9.17, 15) is 4.79 Å². The van der Waals surface area contributed by atoms with Gasteiger partial charge in [-0.15, -0.1) is 0 Å². The highest BCUT2D eigenvalue weighted by Crippen LogP contribution is 2.27. The van der Waals surface area contributed by atoms with Crippen LogP contribution in [0.3, 0.4) is 0 Å². The predicted molar refractivity (Wildman–Crippen MR) is 108 cm³/mol. The molecule has 1 aliphatic heterocycles. The van der Waals surface area contributed by atoms with E-state index in [1.165, 1.54) is 0 Å².